The van der Waals surface area contributed by atoms with Crippen molar-refractivity contribution in [3.8, 4) is 0 Å². The number of hydrogen-bond acceptors (Lipinski definition) is 2. The zero-order valence-electron chi connectivity index (χ0n) is 7.20. The predicted octanol–water partition coefficient (Wildman–Crippen LogP) is 1.35. The van der Waals surface area contributed by atoms with Crippen LogP contribution in [-0.4, -0.2) is 24.7 Å². The van der Waals surface area contributed by atoms with Gasteiger partial charge in [-0.3, -0.25) is 4.79 Å². The number of likely N-dealkylation sites (N-methyl/N-ethyl adjacent to an activating group) is 1. The van der Waals surface area contributed by atoms with Crippen LogP contribution < -0.4 is 4.90 Å². The second kappa shape index (κ2) is 3.89. The van der Waals surface area contributed by atoms with Gasteiger partial charge in [0.25, 0.3) is 0 Å². The number of rotatable bonds is 3. The van der Waals surface area contributed by atoms with E-state index in [-0.39, 0.29) is 12.4 Å². The van der Waals surface area contributed by atoms with Crippen molar-refractivity contribution in [2.24, 2.45) is 0 Å². The first-order valence-corrected chi connectivity index (χ1v) is 3.78. The molecule has 0 saturated carbocycles. The molecule has 0 aliphatic heterocycles. The van der Waals surface area contributed by atoms with Crippen LogP contribution in [0.15, 0.2) is 24.3 Å². The lowest BCUT2D eigenvalue weighted by atomic mass is 10.3. The van der Waals surface area contributed by atoms with E-state index >= 15 is 0 Å². The lowest BCUT2D eigenvalue weighted by molar-refractivity contribution is -0.135. The van der Waals surface area contributed by atoms with E-state index < -0.39 is 5.97 Å². The van der Waals surface area contributed by atoms with Crippen LogP contribution in [0.2, 0.25) is 0 Å². The summed E-state index contributed by atoms with van der Waals surface area (Å²) in [7, 11) is 1.60. The highest BCUT2D eigenvalue weighted by atomic mass is 19.1. The molecule has 0 unspecified atom stereocenters. The van der Waals surface area contributed by atoms with Crippen LogP contribution in [0.5, 0.6) is 0 Å². The second-order valence-corrected chi connectivity index (χ2v) is 2.73. The molecule has 1 aromatic rings. The second-order valence-electron chi connectivity index (χ2n) is 2.73. The van der Waals surface area contributed by atoms with Crippen molar-refractivity contribution >= 4 is 11.7 Å². The fourth-order valence-electron chi connectivity index (χ4n) is 1.01. The number of carboxylic acids is 1. The van der Waals surface area contributed by atoms with Gasteiger partial charge in [-0.05, 0) is 18.2 Å². The van der Waals surface area contributed by atoms with E-state index in [4.69, 9.17) is 5.11 Å². The standard InChI is InChI=1S/C9H10FNO2/c1-11(6-9(12)13)8-4-2-3-7(10)5-8/h2-5H,6H2,1H3,(H,12,13). The third-order valence-corrected chi connectivity index (χ3v) is 1.62. The molecule has 1 rings (SSSR count). The smallest absolute Gasteiger partial charge is 0.323 e. The van der Waals surface area contributed by atoms with Gasteiger partial charge in [-0.1, -0.05) is 6.07 Å². The molecule has 0 bridgehead atoms. The summed E-state index contributed by atoms with van der Waals surface area (Å²) in [6, 6.07) is 5.82. The molecule has 1 N–H and O–H groups in total. The minimum atomic E-state index is -0.938. The average molecular weight is 183 g/mol. The van der Waals surface area contributed by atoms with Crippen molar-refractivity contribution < 1.29 is 14.3 Å². The van der Waals surface area contributed by atoms with Crippen LogP contribution in [0.3, 0.4) is 0 Å². The third-order valence-electron chi connectivity index (χ3n) is 1.62. The summed E-state index contributed by atoms with van der Waals surface area (Å²) in [5.74, 6) is -1.30. The van der Waals surface area contributed by atoms with Gasteiger partial charge in [0.15, 0.2) is 0 Å². The molecule has 0 amide bonds. The SMILES string of the molecule is CN(CC(=O)O)c1cccc(F)c1. The van der Waals surface area contributed by atoms with Crippen LogP contribution in [-0.2, 0) is 4.79 Å². The molecule has 4 heteroatoms. The summed E-state index contributed by atoms with van der Waals surface area (Å²) in [4.78, 5) is 11.8. The molecular weight excluding hydrogens is 173 g/mol. The van der Waals surface area contributed by atoms with Crippen LogP contribution in [0.4, 0.5) is 10.1 Å². The zero-order valence-corrected chi connectivity index (χ0v) is 7.20. The molecule has 0 atom stereocenters. The zero-order chi connectivity index (χ0) is 9.84. The molecule has 0 spiro atoms. The quantitative estimate of drug-likeness (QED) is 0.768. The van der Waals surface area contributed by atoms with Crippen LogP contribution in [0.25, 0.3) is 0 Å². The van der Waals surface area contributed by atoms with E-state index in [0.717, 1.165) is 0 Å². The fourth-order valence-corrected chi connectivity index (χ4v) is 1.01. The molecular formula is C9H10FNO2. The van der Waals surface area contributed by atoms with Crippen LogP contribution in [0.1, 0.15) is 0 Å². The molecule has 0 aromatic heterocycles. The highest BCUT2D eigenvalue weighted by Gasteiger charge is 2.05. The van der Waals surface area contributed by atoms with Gasteiger partial charge in [-0.2, -0.15) is 0 Å². The van der Waals surface area contributed by atoms with Gasteiger partial charge in [-0.25, -0.2) is 4.39 Å². The maximum Gasteiger partial charge on any atom is 0.323 e. The number of aliphatic carboxylic acids is 1. The highest BCUT2D eigenvalue weighted by molar-refractivity contribution is 5.73. The number of halogens is 1. The van der Waals surface area contributed by atoms with Gasteiger partial charge >= 0.3 is 5.97 Å². The lowest BCUT2D eigenvalue weighted by Crippen LogP contribution is -2.24. The summed E-state index contributed by atoms with van der Waals surface area (Å²) in [5, 5.41) is 8.48. The van der Waals surface area contributed by atoms with E-state index in [2.05, 4.69) is 0 Å². The Balaban J connectivity index is 2.76. The molecule has 0 heterocycles. The van der Waals surface area contributed by atoms with E-state index in [0.29, 0.717) is 5.69 Å². The van der Waals surface area contributed by atoms with Gasteiger partial charge in [0.2, 0.25) is 0 Å². The Bertz CT molecular complexity index is 314. The summed E-state index contributed by atoms with van der Waals surface area (Å²) >= 11 is 0. The maximum absolute atomic E-state index is 12.7. The molecule has 3 nitrogen and oxygen atoms in total. The Hall–Kier alpha value is -1.58. The number of nitrogens with zero attached hydrogens (tertiary/aromatic N) is 1. The van der Waals surface area contributed by atoms with Crippen molar-refractivity contribution in [3.05, 3.63) is 30.1 Å². The monoisotopic (exact) mass is 183 g/mol. The minimum Gasteiger partial charge on any atom is -0.480 e. The van der Waals surface area contributed by atoms with Gasteiger partial charge in [0.05, 0.1) is 0 Å². The topological polar surface area (TPSA) is 40.5 Å². The number of benzene rings is 1. The Morgan fingerprint density at radius 1 is 1.62 bits per heavy atom. The predicted molar refractivity (Wildman–Crippen MR) is 47.3 cm³/mol. The summed E-state index contributed by atoms with van der Waals surface area (Å²) < 4.78 is 12.7. The molecule has 0 aliphatic rings. The minimum absolute atomic E-state index is 0.135. The average Bonchev–Trinajstić information content (AvgIpc) is 2.03. The van der Waals surface area contributed by atoms with Crippen LogP contribution >= 0.6 is 0 Å². The van der Waals surface area contributed by atoms with Crippen molar-refractivity contribution in [3.63, 3.8) is 0 Å². The maximum atomic E-state index is 12.7. The van der Waals surface area contributed by atoms with E-state index in [1.807, 2.05) is 0 Å². The fraction of sp³-hybridized carbons (Fsp3) is 0.222. The van der Waals surface area contributed by atoms with E-state index in [9.17, 15) is 9.18 Å². The summed E-state index contributed by atoms with van der Waals surface area (Å²) in [5.41, 5.74) is 0.558. The number of anilines is 1. The van der Waals surface area contributed by atoms with Gasteiger partial charge in [0, 0.05) is 12.7 Å². The Morgan fingerprint density at radius 3 is 2.85 bits per heavy atom. The molecule has 0 fully saturated rings. The Morgan fingerprint density at radius 2 is 2.31 bits per heavy atom. The van der Waals surface area contributed by atoms with Crippen molar-refractivity contribution in [2.45, 2.75) is 0 Å². The lowest BCUT2D eigenvalue weighted by Gasteiger charge is -2.16. The molecule has 0 radical (unpaired) electrons. The normalized spacial score (nSPS) is 9.69. The van der Waals surface area contributed by atoms with Gasteiger partial charge in [-0.15, -0.1) is 0 Å². The highest BCUT2D eigenvalue weighted by Crippen LogP contribution is 2.12. The third kappa shape index (κ3) is 2.74. The molecule has 70 valence electrons. The Kier molecular flexibility index (Phi) is 2.84. The first-order valence-electron chi connectivity index (χ1n) is 3.78. The summed E-state index contributed by atoms with van der Waals surface area (Å²) in [6.45, 7) is -0.135. The number of carboxylic acid groups (broad SMARTS) is 1. The van der Waals surface area contributed by atoms with Crippen LogP contribution in [0, 0.1) is 5.82 Å². The largest absolute Gasteiger partial charge is 0.480 e. The number of carbonyl (C=O) groups is 1. The van der Waals surface area contributed by atoms with Crippen molar-refractivity contribution in [1.82, 2.24) is 0 Å². The van der Waals surface area contributed by atoms with Gasteiger partial charge in [0.1, 0.15) is 12.4 Å². The first kappa shape index (κ1) is 9.51. The van der Waals surface area contributed by atoms with Crippen molar-refractivity contribution in [2.75, 3.05) is 18.5 Å². The first-order chi connectivity index (χ1) is 6.09. The van der Waals surface area contributed by atoms with Gasteiger partial charge < -0.3 is 10.0 Å². The van der Waals surface area contributed by atoms with E-state index in [1.165, 1.54) is 17.0 Å². The molecule has 0 saturated heterocycles. The molecule has 13 heavy (non-hydrogen) atoms. The summed E-state index contributed by atoms with van der Waals surface area (Å²) in [6.07, 6.45) is 0. The van der Waals surface area contributed by atoms with E-state index in [1.54, 1.807) is 19.2 Å². The Labute approximate surface area is 75.4 Å². The molecule has 1 aromatic carbocycles. The molecule has 0 aliphatic carbocycles. The van der Waals surface area contributed by atoms with Crippen molar-refractivity contribution in [1.29, 1.82) is 0 Å². The number of hydrogen-bond donors (Lipinski definition) is 1.